The average Bonchev–Trinajstić information content (AvgIpc) is 2.48. The van der Waals surface area contributed by atoms with Crippen LogP contribution in [0.15, 0.2) is 54.6 Å². The molecule has 0 N–H and O–H groups in total. The van der Waals surface area contributed by atoms with Crippen LogP contribution in [0, 0.1) is 0 Å². The zero-order chi connectivity index (χ0) is 13.5. The van der Waals surface area contributed by atoms with Crippen LogP contribution in [0.3, 0.4) is 0 Å². The first kappa shape index (κ1) is 13.7. The molecule has 0 saturated carbocycles. The van der Waals surface area contributed by atoms with E-state index in [1.54, 1.807) is 0 Å². The third-order valence-electron chi connectivity index (χ3n) is 3.42. The van der Waals surface area contributed by atoms with Gasteiger partial charge in [-0.2, -0.15) is 0 Å². The highest BCUT2D eigenvalue weighted by molar-refractivity contribution is 5.36. The standard InChI is InChI=1S/C18H22O/c1-3-4-13-19-18-12-8-11-17(14-18)15(2)16-9-6-5-7-10-16/h5-12,14-15H,3-4,13H2,1-2H3. The van der Waals surface area contributed by atoms with Gasteiger partial charge >= 0.3 is 0 Å². The Morgan fingerprint density at radius 1 is 0.947 bits per heavy atom. The topological polar surface area (TPSA) is 9.23 Å². The van der Waals surface area contributed by atoms with Gasteiger partial charge in [0.05, 0.1) is 6.61 Å². The van der Waals surface area contributed by atoms with Crippen LogP contribution < -0.4 is 4.74 Å². The van der Waals surface area contributed by atoms with Crippen LogP contribution in [-0.2, 0) is 0 Å². The molecule has 1 unspecified atom stereocenters. The molecule has 2 aromatic rings. The Morgan fingerprint density at radius 3 is 2.42 bits per heavy atom. The number of ether oxygens (including phenoxy) is 1. The van der Waals surface area contributed by atoms with Crippen molar-refractivity contribution in [3.63, 3.8) is 0 Å². The summed E-state index contributed by atoms with van der Waals surface area (Å²) < 4.78 is 5.77. The minimum Gasteiger partial charge on any atom is -0.494 e. The molecule has 0 aliphatic heterocycles. The Labute approximate surface area is 116 Å². The summed E-state index contributed by atoms with van der Waals surface area (Å²) in [5, 5.41) is 0. The van der Waals surface area contributed by atoms with Crippen LogP contribution >= 0.6 is 0 Å². The molecule has 1 atom stereocenters. The van der Waals surface area contributed by atoms with E-state index in [4.69, 9.17) is 4.74 Å². The van der Waals surface area contributed by atoms with Crippen molar-refractivity contribution in [2.24, 2.45) is 0 Å². The van der Waals surface area contributed by atoms with Gasteiger partial charge in [0.2, 0.25) is 0 Å². The van der Waals surface area contributed by atoms with Crippen LogP contribution in [0.5, 0.6) is 5.75 Å². The molecule has 19 heavy (non-hydrogen) atoms. The van der Waals surface area contributed by atoms with E-state index in [-0.39, 0.29) is 0 Å². The molecule has 0 aromatic heterocycles. The van der Waals surface area contributed by atoms with Gasteiger partial charge in [0.15, 0.2) is 0 Å². The van der Waals surface area contributed by atoms with E-state index >= 15 is 0 Å². The van der Waals surface area contributed by atoms with E-state index in [9.17, 15) is 0 Å². The van der Waals surface area contributed by atoms with Gasteiger partial charge in [0.1, 0.15) is 5.75 Å². The minimum atomic E-state index is 0.399. The summed E-state index contributed by atoms with van der Waals surface area (Å²) in [5.41, 5.74) is 2.65. The Kier molecular flexibility index (Phi) is 5.02. The fourth-order valence-electron chi connectivity index (χ4n) is 2.14. The van der Waals surface area contributed by atoms with Gasteiger partial charge in [-0.05, 0) is 29.7 Å². The van der Waals surface area contributed by atoms with Crippen molar-refractivity contribution < 1.29 is 4.74 Å². The smallest absolute Gasteiger partial charge is 0.119 e. The molecule has 1 nitrogen and oxygen atoms in total. The first-order valence-corrected chi connectivity index (χ1v) is 7.09. The SMILES string of the molecule is CCCCOc1cccc(C(C)c2ccccc2)c1. The maximum absolute atomic E-state index is 5.77. The van der Waals surface area contributed by atoms with Gasteiger partial charge < -0.3 is 4.74 Å². The molecule has 2 rings (SSSR count). The molecule has 0 heterocycles. The second kappa shape index (κ2) is 6.98. The lowest BCUT2D eigenvalue weighted by Crippen LogP contribution is -1.99. The van der Waals surface area contributed by atoms with E-state index in [0.29, 0.717) is 5.92 Å². The van der Waals surface area contributed by atoms with Crippen molar-refractivity contribution in [2.45, 2.75) is 32.6 Å². The van der Waals surface area contributed by atoms with E-state index in [1.807, 2.05) is 6.07 Å². The molecule has 2 aromatic carbocycles. The summed E-state index contributed by atoms with van der Waals surface area (Å²) in [6, 6.07) is 19.0. The summed E-state index contributed by atoms with van der Waals surface area (Å²) in [5.74, 6) is 1.38. The van der Waals surface area contributed by atoms with E-state index < -0.39 is 0 Å². The summed E-state index contributed by atoms with van der Waals surface area (Å²) in [6.07, 6.45) is 2.28. The van der Waals surface area contributed by atoms with Crippen molar-refractivity contribution >= 4 is 0 Å². The molecule has 0 amide bonds. The number of benzene rings is 2. The molecular weight excluding hydrogens is 232 g/mol. The van der Waals surface area contributed by atoms with Crippen molar-refractivity contribution in [1.82, 2.24) is 0 Å². The van der Waals surface area contributed by atoms with E-state index in [2.05, 4.69) is 62.4 Å². The minimum absolute atomic E-state index is 0.399. The molecule has 0 fully saturated rings. The van der Waals surface area contributed by atoms with Gasteiger partial charge in [-0.25, -0.2) is 0 Å². The van der Waals surface area contributed by atoms with Gasteiger partial charge in [0, 0.05) is 5.92 Å². The van der Waals surface area contributed by atoms with Crippen molar-refractivity contribution in [2.75, 3.05) is 6.61 Å². The highest BCUT2D eigenvalue weighted by atomic mass is 16.5. The largest absolute Gasteiger partial charge is 0.494 e. The molecule has 0 saturated heterocycles. The van der Waals surface area contributed by atoms with Crippen LogP contribution in [0.25, 0.3) is 0 Å². The normalized spacial score (nSPS) is 12.1. The highest BCUT2D eigenvalue weighted by Gasteiger charge is 2.08. The quantitative estimate of drug-likeness (QED) is 0.658. The predicted molar refractivity (Wildman–Crippen MR) is 80.8 cm³/mol. The maximum atomic E-state index is 5.77. The Balaban J connectivity index is 2.10. The monoisotopic (exact) mass is 254 g/mol. The van der Waals surface area contributed by atoms with Gasteiger partial charge in [-0.15, -0.1) is 0 Å². The summed E-state index contributed by atoms with van der Waals surface area (Å²) >= 11 is 0. The number of hydrogen-bond acceptors (Lipinski definition) is 1. The van der Waals surface area contributed by atoms with Crippen molar-refractivity contribution in [1.29, 1.82) is 0 Å². The molecule has 0 spiro atoms. The van der Waals surface area contributed by atoms with Gasteiger partial charge in [0.25, 0.3) is 0 Å². The molecule has 0 radical (unpaired) electrons. The second-order valence-electron chi connectivity index (χ2n) is 4.91. The summed E-state index contributed by atoms with van der Waals surface area (Å²) in [4.78, 5) is 0. The zero-order valence-electron chi connectivity index (χ0n) is 11.8. The molecule has 1 heteroatoms. The predicted octanol–water partition coefficient (Wildman–Crippen LogP) is 5.02. The first-order chi connectivity index (χ1) is 9.31. The van der Waals surface area contributed by atoms with Gasteiger partial charge in [-0.1, -0.05) is 62.7 Å². The van der Waals surface area contributed by atoms with Crippen molar-refractivity contribution in [3.8, 4) is 5.75 Å². The van der Waals surface area contributed by atoms with Crippen LogP contribution in [0.4, 0.5) is 0 Å². The fourth-order valence-corrected chi connectivity index (χ4v) is 2.14. The lowest BCUT2D eigenvalue weighted by atomic mass is 9.93. The van der Waals surface area contributed by atoms with Gasteiger partial charge in [-0.3, -0.25) is 0 Å². The average molecular weight is 254 g/mol. The third-order valence-corrected chi connectivity index (χ3v) is 3.42. The summed E-state index contributed by atoms with van der Waals surface area (Å²) in [7, 11) is 0. The van der Waals surface area contributed by atoms with Crippen LogP contribution in [0.2, 0.25) is 0 Å². The van der Waals surface area contributed by atoms with E-state index in [1.165, 1.54) is 17.5 Å². The molecule has 0 bridgehead atoms. The fraction of sp³-hybridized carbons (Fsp3) is 0.333. The van der Waals surface area contributed by atoms with Crippen molar-refractivity contribution in [3.05, 3.63) is 65.7 Å². The molecule has 100 valence electrons. The molecular formula is C18H22O. The lowest BCUT2D eigenvalue weighted by molar-refractivity contribution is 0.309. The molecule has 0 aliphatic carbocycles. The Bertz CT molecular complexity index is 490. The number of hydrogen-bond donors (Lipinski definition) is 0. The number of rotatable bonds is 6. The number of unbranched alkanes of at least 4 members (excludes halogenated alkanes) is 1. The Morgan fingerprint density at radius 2 is 1.68 bits per heavy atom. The lowest BCUT2D eigenvalue weighted by Gasteiger charge is -2.14. The summed E-state index contributed by atoms with van der Waals surface area (Å²) in [6.45, 7) is 5.22. The zero-order valence-corrected chi connectivity index (χ0v) is 11.8. The Hall–Kier alpha value is -1.76. The molecule has 0 aliphatic rings. The van der Waals surface area contributed by atoms with E-state index in [0.717, 1.165) is 18.8 Å². The third kappa shape index (κ3) is 3.85. The maximum Gasteiger partial charge on any atom is 0.119 e. The highest BCUT2D eigenvalue weighted by Crippen LogP contribution is 2.26. The first-order valence-electron chi connectivity index (χ1n) is 7.09. The van der Waals surface area contributed by atoms with Crippen LogP contribution in [0.1, 0.15) is 43.7 Å². The van der Waals surface area contributed by atoms with Crippen LogP contribution in [-0.4, -0.2) is 6.61 Å². The second-order valence-corrected chi connectivity index (χ2v) is 4.91.